The second-order valence-corrected chi connectivity index (χ2v) is 5.21. The molecule has 1 aliphatic rings. The normalized spacial score (nSPS) is 22.3. The molecule has 3 atom stereocenters. The van der Waals surface area contributed by atoms with E-state index >= 15 is 0 Å². The van der Waals surface area contributed by atoms with Crippen molar-refractivity contribution in [2.24, 2.45) is 5.92 Å². The first-order chi connectivity index (χ1) is 9.04. The van der Waals surface area contributed by atoms with Gasteiger partial charge in [-0.3, -0.25) is 4.79 Å². The van der Waals surface area contributed by atoms with Gasteiger partial charge in [-0.25, -0.2) is 0 Å². The predicted octanol–water partition coefficient (Wildman–Crippen LogP) is 1.58. The highest BCUT2D eigenvalue weighted by molar-refractivity contribution is 5.80. The summed E-state index contributed by atoms with van der Waals surface area (Å²) < 4.78 is 11.1. The Morgan fingerprint density at radius 3 is 2.84 bits per heavy atom. The van der Waals surface area contributed by atoms with Gasteiger partial charge in [0, 0.05) is 20.2 Å². The molecule has 108 valence electrons. The third-order valence-electron chi connectivity index (χ3n) is 3.30. The SMILES string of the molecule is CC(C#N)CN(C)C(=O)C(C)OCC1CCCCO1. The summed E-state index contributed by atoms with van der Waals surface area (Å²) in [6, 6.07) is 2.12. The number of likely N-dealkylation sites (N-methyl/N-ethyl adjacent to an activating group) is 1. The van der Waals surface area contributed by atoms with Gasteiger partial charge in [0.15, 0.2) is 0 Å². The Balaban J connectivity index is 2.29. The Bertz CT molecular complexity index is 321. The molecule has 1 amide bonds. The third-order valence-corrected chi connectivity index (χ3v) is 3.30. The van der Waals surface area contributed by atoms with E-state index < -0.39 is 6.10 Å². The molecule has 0 saturated carbocycles. The van der Waals surface area contributed by atoms with Gasteiger partial charge < -0.3 is 14.4 Å². The first-order valence-corrected chi connectivity index (χ1v) is 6.92. The molecule has 0 radical (unpaired) electrons. The van der Waals surface area contributed by atoms with E-state index in [1.165, 1.54) is 0 Å². The molecule has 0 N–H and O–H groups in total. The van der Waals surface area contributed by atoms with E-state index in [2.05, 4.69) is 6.07 Å². The molecule has 19 heavy (non-hydrogen) atoms. The minimum absolute atomic E-state index is 0.0853. The molecule has 1 fully saturated rings. The van der Waals surface area contributed by atoms with Crippen LogP contribution in [0.4, 0.5) is 0 Å². The number of rotatable bonds is 6. The lowest BCUT2D eigenvalue weighted by Crippen LogP contribution is -2.40. The first-order valence-electron chi connectivity index (χ1n) is 6.92. The number of nitrogens with zero attached hydrogens (tertiary/aromatic N) is 2. The van der Waals surface area contributed by atoms with Crippen LogP contribution in [0.3, 0.4) is 0 Å². The van der Waals surface area contributed by atoms with Crippen molar-refractivity contribution in [3.8, 4) is 6.07 Å². The van der Waals surface area contributed by atoms with Gasteiger partial charge in [0.2, 0.25) is 0 Å². The van der Waals surface area contributed by atoms with Crippen LogP contribution in [0.15, 0.2) is 0 Å². The number of hydrogen-bond donors (Lipinski definition) is 0. The molecule has 5 heteroatoms. The summed E-state index contributed by atoms with van der Waals surface area (Å²) >= 11 is 0. The molecule has 1 aliphatic heterocycles. The molecule has 0 bridgehead atoms. The number of nitriles is 1. The van der Waals surface area contributed by atoms with Crippen LogP contribution < -0.4 is 0 Å². The predicted molar refractivity (Wildman–Crippen MR) is 71.4 cm³/mol. The second-order valence-electron chi connectivity index (χ2n) is 5.21. The van der Waals surface area contributed by atoms with Gasteiger partial charge in [-0.15, -0.1) is 0 Å². The zero-order valence-electron chi connectivity index (χ0n) is 12.1. The van der Waals surface area contributed by atoms with Crippen LogP contribution in [-0.4, -0.2) is 49.8 Å². The van der Waals surface area contributed by atoms with E-state index in [1.54, 1.807) is 25.8 Å². The largest absolute Gasteiger partial charge is 0.376 e. The molecule has 0 aromatic carbocycles. The zero-order chi connectivity index (χ0) is 14.3. The van der Waals surface area contributed by atoms with Gasteiger partial charge in [0.05, 0.1) is 24.7 Å². The van der Waals surface area contributed by atoms with Crippen LogP contribution in [0.2, 0.25) is 0 Å². The monoisotopic (exact) mass is 268 g/mol. The minimum Gasteiger partial charge on any atom is -0.376 e. The molecule has 1 rings (SSSR count). The number of carbonyl (C=O) groups excluding carboxylic acids is 1. The highest BCUT2D eigenvalue weighted by atomic mass is 16.5. The Morgan fingerprint density at radius 1 is 1.53 bits per heavy atom. The Hall–Kier alpha value is -1.12. The maximum absolute atomic E-state index is 12.0. The standard InChI is InChI=1S/C14H24N2O3/c1-11(8-15)9-16(3)14(17)12(2)19-10-13-6-4-5-7-18-13/h11-13H,4-7,9-10H2,1-3H3. The van der Waals surface area contributed by atoms with E-state index in [0.29, 0.717) is 13.2 Å². The molecular formula is C14H24N2O3. The molecule has 0 aliphatic carbocycles. The lowest BCUT2D eigenvalue weighted by Gasteiger charge is -2.26. The Kier molecular flexibility index (Phi) is 6.82. The molecule has 1 saturated heterocycles. The van der Waals surface area contributed by atoms with Crippen LogP contribution in [0.25, 0.3) is 0 Å². The van der Waals surface area contributed by atoms with E-state index in [4.69, 9.17) is 14.7 Å². The van der Waals surface area contributed by atoms with Crippen LogP contribution in [0, 0.1) is 17.2 Å². The van der Waals surface area contributed by atoms with Gasteiger partial charge in [-0.05, 0) is 33.1 Å². The van der Waals surface area contributed by atoms with Crippen molar-refractivity contribution in [3.05, 3.63) is 0 Å². The lowest BCUT2D eigenvalue weighted by molar-refractivity contribution is -0.145. The summed E-state index contributed by atoms with van der Waals surface area (Å²) in [5, 5.41) is 8.74. The van der Waals surface area contributed by atoms with Crippen molar-refractivity contribution in [1.29, 1.82) is 5.26 Å². The van der Waals surface area contributed by atoms with Crippen LogP contribution in [0.5, 0.6) is 0 Å². The Labute approximate surface area is 115 Å². The van der Waals surface area contributed by atoms with Crippen molar-refractivity contribution >= 4 is 5.91 Å². The summed E-state index contributed by atoms with van der Waals surface area (Å²) in [6.45, 7) is 5.23. The maximum atomic E-state index is 12.0. The number of amides is 1. The average molecular weight is 268 g/mol. The van der Waals surface area contributed by atoms with E-state index in [0.717, 1.165) is 25.9 Å². The van der Waals surface area contributed by atoms with E-state index in [1.807, 2.05) is 0 Å². The summed E-state index contributed by atoms with van der Waals surface area (Å²) in [7, 11) is 1.70. The fourth-order valence-corrected chi connectivity index (χ4v) is 2.11. The lowest BCUT2D eigenvalue weighted by atomic mass is 10.1. The minimum atomic E-state index is -0.485. The maximum Gasteiger partial charge on any atom is 0.251 e. The van der Waals surface area contributed by atoms with Gasteiger partial charge in [0.1, 0.15) is 6.10 Å². The fourth-order valence-electron chi connectivity index (χ4n) is 2.11. The number of ether oxygens (including phenoxy) is 2. The molecular weight excluding hydrogens is 244 g/mol. The molecule has 0 spiro atoms. The molecule has 1 heterocycles. The van der Waals surface area contributed by atoms with Gasteiger partial charge >= 0.3 is 0 Å². The first kappa shape index (κ1) is 15.9. The summed E-state index contributed by atoms with van der Waals surface area (Å²) in [6.07, 6.45) is 2.91. The summed E-state index contributed by atoms with van der Waals surface area (Å²) in [5.74, 6) is -0.249. The van der Waals surface area contributed by atoms with Crippen LogP contribution >= 0.6 is 0 Å². The van der Waals surface area contributed by atoms with Crippen molar-refractivity contribution < 1.29 is 14.3 Å². The highest BCUT2D eigenvalue weighted by Crippen LogP contribution is 2.13. The van der Waals surface area contributed by atoms with E-state index in [9.17, 15) is 4.79 Å². The molecule has 3 unspecified atom stereocenters. The quantitative estimate of drug-likeness (QED) is 0.733. The van der Waals surface area contributed by atoms with Crippen molar-refractivity contribution in [2.45, 2.75) is 45.3 Å². The second kappa shape index (κ2) is 8.13. The highest BCUT2D eigenvalue weighted by Gasteiger charge is 2.22. The fraction of sp³-hybridized carbons (Fsp3) is 0.857. The number of hydrogen-bond acceptors (Lipinski definition) is 4. The molecule has 5 nitrogen and oxygen atoms in total. The summed E-state index contributed by atoms with van der Waals surface area (Å²) in [5.41, 5.74) is 0. The molecule has 0 aromatic rings. The Morgan fingerprint density at radius 2 is 2.26 bits per heavy atom. The van der Waals surface area contributed by atoms with Crippen molar-refractivity contribution in [2.75, 3.05) is 26.8 Å². The summed E-state index contributed by atoms with van der Waals surface area (Å²) in [4.78, 5) is 13.6. The van der Waals surface area contributed by atoms with E-state index in [-0.39, 0.29) is 17.9 Å². The third kappa shape index (κ3) is 5.58. The van der Waals surface area contributed by atoms with Gasteiger partial charge in [-0.2, -0.15) is 5.26 Å². The van der Waals surface area contributed by atoms with Crippen LogP contribution in [-0.2, 0) is 14.3 Å². The van der Waals surface area contributed by atoms with Crippen molar-refractivity contribution in [1.82, 2.24) is 4.90 Å². The van der Waals surface area contributed by atoms with Gasteiger partial charge in [-0.1, -0.05) is 0 Å². The smallest absolute Gasteiger partial charge is 0.251 e. The number of carbonyl (C=O) groups is 1. The molecule has 0 aromatic heterocycles. The van der Waals surface area contributed by atoms with Crippen LogP contribution in [0.1, 0.15) is 33.1 Å². The van der Waals surface area contributed by atoms with Gasteiger partial charge in [0.25, 0.3) is 5.91 Å². The average Bonchev–Trinajstić information content (AvgIpc) is 2.44. The van der Waals surface area contributed by atoms with Crippen molar-refractivity contribution in [3.63, 3.8) is 0 Å². The topological polar surface area (TPSA) is 62.6 Å². The zero-order valence-corrected chi connectivity index (χ0v) is 12.1.